The van der Waals surface area contributed by atoms with E-state index >= 15 is 0 Å². The third-order valence-electron chi connectivity index (χ3n) is 2.49. The lowest BCUT2D eigenvalue weighted by Gasteiger charge is -2.22. The molecule has 2 atom stereocenters. The zero-order chi connectivity index (χ0) is 12.1. The number of aromatic nitrogens is 1. The predicted octanol–water partition coefficient (Wildman–Crippen LogP) is 1.84. The third-order valence-corrected chi connectivity index (χ3v) is 2.49. The fraction of sp³-hybridized carbons (Fsp3) is 0.500. The quantitative estimate of drug-likeness (QED) is 0.798. The number of carboxylic acid groups (broad SMARTS) is 1. The molecule has 0 saturated heterocycles. The van der Waals surface area contributed by atoms with Gasteiger partial charge in [0.05, 0.1) is 5.69 Å². The highest BCUT2D eigenvalue weighted by Crippen LogP contribution is 2.12. The van der Waals surface area contributed by atoms with E-state index in [1.165, 1.54) is 0 Å². The maximum absolute atomic E-state index is 11.0. The van der Waals surface area contributed by atoms with E-state index in [2.05, 4.69) is 10.3 Å². The van der Waals surface area contributed by atoms with E-state index in [1.54, 1.807) is 6.20 Å². The summed E-state index contributed by atoms with van der Waals surface area (Å²) in [6.45, 7) is 5.69. The second-order valence-electron chi connectivity index (χ2n) is 4.20. The van der Waals surface area contributed by atoms with E-state index < -0.39 is 12.0 Å². The number of pyridine rings is 1. The van der Waals surface area contributed by atoms with Crippen molar-refractivity contribution in [2.75, 3.05) is 0 Å². The second-order valence-corrected chi connectivity index (χ2v) is 4.20. The van der Waals surface area contributed by atoms with Crippen LogP contribution in [0.25, 0.3) is 0 Å². The molecule has 0 aliphatic rings. The van der Waals surface area contributed by atoms with Crippen LogP contribution in [0.15, 0.2) is 24.4 Å². The number of carbonyl (C=O) groups is 1. The van der Waals surface area contributed by atoms with Crippen molar-refractivity contribution in [1.29, 1.82) is 0 Å². The van der Waals surface area contributed by atoms with Crippen LogP contribution in [0.1, 0.15) is 32.5 Å². The molecule has 88 valence electrons. The normalized spacial score (nSPS) is 14.8. The molecule has 0 amide bonds. The Kier molecular flexibility index (Phi) is 4.43. The van der Waals surface area contributed by atoms with Gasteiger partial charge in [0.15, 0.2) is 0 Å². The van der Waals surface area contributed by atoms with Crippen molar-refractivity contribution in [1.82, 2.24) is 10.3 Å². The summed E-state index contributed by atoms with van der Waals surface area (Å²) in [5.74, 6) is -0.776. The zero-order valence-electron chi connectivity index (χ0n) is 9.84. The van der Waals surface area contributed by atoms with Gasteiger partial charge >= 0.3 is 5.97 Å². The van der Waals surface area contributed by atoms with Crippen LogP contribution in [-0.2, 0) is 4.79 Å². The first kappa shape index (κ1) is 12.6. The van der Waals surface area contributed by atoms with Gasteiger partial charge in [-0.05, 0) is 25.0 Å². The zero-order valence-corrected chi connectivity index (χ0v) is 9.84. The predicted molar refractivity (Wildman–Crippen MR) is 62.0 cm³/mol. The molecular weight excluding hydrogens is 204 g/mol. The number of hydrogen-bond donors (Lipinski definition) is 2. The summed E-state index contributed by atoms with van der Waals surface area (Å²) < 4.78 is 0. The summed E-state index contributed by atoms with van der Waals surface area (Å²) in [6, 6.07) is 5.01. The lowest BCUT2D eigenvalue weighted by atomic mass is 10.0. The molecule has 4 nitrogen and oxygen atoms in total. The van der Waals surface area contributed by atoms with Crippen LogP contribution < -0.4 is 5.32 Å². The van der Waals surface area contributed by atoms with E-state index in [-0.39, 0.29) is 12.0 Å². The Morgan fingerprint density at radius 3 is 2.50 bits per heavy atom. The van der Waals surface area contributed by atoms with Gasteiger partial charge in [-0.15, -0.1) is 0 Å². The van der Waals surface area contributed by atoms with Gasteiger partial charge in [0.25, 0.3) is 0 Å². The number of carboxylic acids is 1. The summed E-state index contributed by atoms with van der Waals surface area (Å²) in [5, 5.41) is 12.1. The van der Waals surface area contributed by atoms with Crippen LogP contribution in [0.2, 0.25) is 0 Å². The van der Waals surface area contributed by atoms with Crippen LogP contribution in [0.4, 0.5) is 0 Å². The molecule has 1 aromatic rings. The molecule has 2 unspecified atom stereocenters. The van der Waals surface area contributed by atoms with Gasteiger partial charge in [-0.2, -0.15) is 0 Å². The van der Waals surface area contributed by atoms with Crippen molar-refractivity contribution in [2.24, 2.45) is 5.92 Å². The number of aliphatic carboxylic acids is 1. The smallest absolute Gasteiger partial charge is 0.320 e. The maximum Gasteiger partial charge on any atom is 0.320 e. The fourth-order valence-electron chi connectivity index (χ4n) is 1.54. The van der Waals surface area contributed by atoms with Crippen molar-refractivity contribution >= 4 is 5.97 Å². The Morgan fingerprint density at radius 2 is 2.06 bits per heavy atom. The summed E-state index contributed by atoms with van der Waals surface area (Å²) in [5.41, 5.74) is 0.856. The minimum Gasteiger partial charge on any atom is -0.480 e. The van der Waals surface area contributed by atoms with Crippen molar-refractivity contribution in [3.63, 3.8) is 0 Å². The molecular formula is C12H18N2O2. The molecule has 1 aromatic heterocycles. The number of nitrogens with one attached hydrogen (secondary N) is 1. The topological polar surface area (TPSA) is 62.2 Å². The summed E-state index contributed by atoms with van der Waals surface area (Å²) in [4.78, 5) is 15.2. The van der Waals surface area contributed by atoms with Crippen molar-refractivity contribution in [2.45, 2.75) is 32.9 Å². The molecule has 0 aromatic carbocycles. The minimum absolute atomic E-state index is 0.0451. The highest BCUT2D eigenvalue weighted by atomic mass is 16.4. The summed E-state index contributed by atoms with van der Waals surface area (Å²) in [7, 11) is 0. The first-order valence-corrected chi connectivity index (χ1v) is 5.42. The van der Waals surface area contributed by atoms with Crippen LogP contribution >= 0.6 is 0 Å². The molecule has 0 spiro atoms. The number of nitrogens with zero attached hydrogens (tertiary/aromatic N) is 1. The molecule has 1 heterocycles. The van der Waals surface area contributed by atoms with E-state index in [0.717, 1.165) is 5.69 Å². The van der Waals surface area contributed by atoms with Gasteiger partial charge in [0.1, 0.15) is 6.04 Å². The van der Waals surface area contributed by atoms with Gasteiger partial charge in [0, 0.05) is 12.2 Å². The lowest BCUT2D eigenvalue weighted by molar-refractivity contribution is -0.140. The van der Waals surface area contributed by atoms with Gasteiger partial charge in [-0.25, -0.2) is 0 Å². The van der Waals surface area contributed by atoms with E-state index in [0.29, 0.717) is 0 Å². The van der Waals surface area contributed by atoms with Crippen LogP contribution in [0, 0.1) is 5.92 Å². The van der Waals surface area contributed by atoms with Crippen LogP contribution in [0.5, 0.6) is 0 Å². The van der Waals surface area contributed by atoms with Gasteiger partial charge < -0.3 is 5.11 Å². The summed E-state index contributed by atoms with van der Waals surface area (Å²) >= 11 is 0. The Labute approximate surface area is 95.7 Å². The molecule has 2 N–H and O–H groups in total. The highest BCUT2D eigenvalue weighted by Gasteiger charge is 2.23. The van der Waals surface area contributed by atoms with Crippen molar-refractivity contribution < 1.29 is 9.90 Å². The highest BCUT2D eigenvalue weighted by molar-refractivity contribution is 5.73. The fourth-order valence-corrected chi connectivity index (χ4v) is 1.54. The first-order valence-electron chi connectivity index (χ1n) is 5.42. The Bertz CT molecular complexity index is 338. The molecule has 0 aliphatic carbocycles. The summed E-state index contributed by atoms with van der Waals surface area (Å²) in [6.07, 6.45) is 1.71. The molecule has 1 rings (SSSR count). The Balaban J connectivity index is 2.69. The van der Waals surface area contributed by atoms with E-state index in [4.69, 9.17) is 5.11 Å². The van der Waals surface area contributed by atoms with Gasteiger partial charge in [0.2, 0.25) is 0 Å². The molecule has 0 aliphatic heterocycles. The van der Waals surface area contributed by atoms with E-state index in [9.17, 15) is 4.79 Å². The van der Waals surface area contributed by atoms with Crippen molar-refractivity contribution in [3.8, 4) is 0 Å². The average molecular weight is 222 g/mol. The molecule has 0 radical (unpaired) electrons. The largest absolute Gasteiger partial charge is 0.480 e. The molecule has 0 saturated carbocycles. The van der Waals surface area contributed by atoms with E-state index in [1.807, 2.05) is 39.0 Å². The average Bonchev–Trinajstić information content (AvgIpc) is 2.25. The maximum atomic E-state index is 11.0. The van der Waals surface area contributed by atoms with Crippen LogP contribution in [0.3, 0.4) is 0 Å². The SMILES string of the molecule is CC(NC(C(=O)O)C(C)C)c1ccccn1. The first-order chi connectivity index (χ1) is 7.52. The van der Waals surface area contributed by atoms with Crippen molar-refractivity contribution in [3.05, 3.63) is 30.1 Å². The third kappa shape index (κ3) is 3.31. The second kappa shape index (κ2) is 5.61. The lowest BCUT2D eigenvalue weighted by Crippen LogP contribution is -2.42. The molecule has 0 fully saturated rings. The van der Waals surface area contributed by atoms with Gasteiger partial charge in [-0.1, -0.05) is 19.9 Å². The van der Waals surface area contributed by atoms with Crippen LogP contribution in [-0.4, -0.2) is 22.1 Å². The number of rotatable bonds is 5. The van der Waals surface area contributed by atoms with Gasteiger partial charge in [-0.3, -0.25) is 15.1 Å². The Hall–Kier alpha value is -1.42. The molecule has 0 bridgehead atoms. The number of hydrogen-bond acceptors (Lipinski definition) is 3. The molecule has 16 heavy (non-hydrogen) atoms. The monoisotopic (exact) mass is 222 g/mol. The molecule has 4 heteroatoms. The standard InChI is InChI=1S/C12H18N2O2/c1-8(2)11(12(15)16)14-9(3)10-6-4-5-7-13-10/h4-9,11,14H,1-3H3,(H,15,16). The minimum atomic E-state index is -0.821. The Morgan fingerprint density at radius 1 is 1.38 bits per heavy atom.